The Morgan fingerprint density at radius 1 is 1.23 bits per heavy atom. The molecule has 0 radical (unpaired) electrons. The SMILES string of the molecule is CCCCN1C(=O)N[C@](NC(=O)CCc2ccccc2)(C(F)(F)F)C1=O. The molecule has 1 atom stereocenters. The van der Waals surface area contributed by atoms with Gasteiger partial charge >= 0.3 is 12.2 Å². The lowest BCUT2D eigenvalue weighted by Gasteiger charge is -2.29. The molecule has 0 aliphatic carbocycles. The summed E-state index contributed by atoms with van der Waals surface area (Å²) in [5.41, 5.74) is -2.64. The standard InChI is InChI=1S/C17H20F3N3O3/c1-2-3-11-23-14(25)16(17(18,19)20,22-15(23)26)21-13(24)10-9-12-7-5-4-6-8-12/h4-8H,2-3,9-11H2,1H3,(H,21,24)(H,22,26)/t16-/m0/s1. The van der Waals surface area contributed by atoms with Crippen molar-refractivity contribution in [3.63, 3.8) is 0 Å². The van der Waals surface area contributed by atoms with Crippen molar-refractivity contribution in [2.75, 3.05) is 6.54 Å². The van der Waals surface area contributed by atoms with Crippen LogP contribution in [0.25, 0.3) is 0 Å². The van der Waals surface area contributed by atoms with Gasteiger partial charge in [-0.05, 0) is 18.4 Å². The van der Waals surface area contributed by atoms with Crippen LogP contribution in [-0.4, -0.2) is 41.1 Å². The summed E-state index contributed by atoms with van der Waals surface area (Å²) in [5, 5.41) is 3.33. The van der Waals surface area contributed by atoms with Crippen molar-refractivity contribution in [2.45, 2.75) is 44.4 Å². The van der Waals surface area contributed by atoms with Crippen LogP contribution < -0.4 is 10.6 Å². The fourth-order valence-electron chi connectivity index (χ4n) is 2.62. The summed E-state index contributed by atoms with van der Waals surface area (Å²) >= 11 is 0. The van der Waals surface area contributed by atoms with E-state index in [1.54, 1.807) is 47.9 Å². The van der Waals surface area contributed by atoms with E-state index in [9.17, 15) is 27.6 Å². The number of nitrogens with zero attached hydrogens (tertiary/aromatic N) is 1. The Morgan fingerprint density at radius 3 is 2.46 bits per heavy atom. The number of hydrogen-bond acceptors (Lipinski definition) is 3. The third-order valence-corrected chi connectivity index (χ3v) is 4.08. The average molecular weight is 371 g/mol. The maximum atomic E-state index is 13.6. The largest absolute Gasteiger partial charge is 0.440 e. The van der Waals surface area contributed by atoms with E-state index in [1.807, 2.05) is 0 Å². The van der Waals surface area contributed by atoms with E-state index in [2.05, 4.69) is 0 Å². The second-order valence-electron chi connectivity index (χ2n) is 6.02. The summed E-state index contributed by atoms with van der Waals surface area (Å²) in [6.45, 7) is 1.64. The first kappa shape index (κ1) is 19.7. The predicted octanol–water partition coefficient (Wildman–Crippen LogP) is 2.35. The number of imide groups is 1. The topological polar surface area (TPSA) is 78.5 Å². The molecule has 9 heteroatoms. The van der Waals surface area contributed by atoms with Crippen molar-refractivity contribution in [3.8, 4) is 0 Å². The highest BCUT2D eigenvalue weighted by Gasteiger charge is 2.68. The van der Waals surface area contributed by atoms with Crippen LogP contribution >= 0.6 is 0 Å². The van der Waals surface area contributed by atoms with Crippen LogP contribution in [0, 0.1) is 0 Å². The molecule has 2 N–H and O–H groups in total. The van der Waals surface area contributed by atoms with Crippen LogP contribution in [-0.2, 0) is 16.0 Å². The number of hydrogen-bond donors (Lipinski definition) is 2. The van der Waals surface area contributed by atoms with Crippen molar-refractivity contribution in [1.29, 1.82) is 0 Å². The maximum Gasteiger partial charge on any atom is 0.440 e. The molecule has 1 heterocycles. The third kappa shape index (κ3) is 3.97. The quantitative estimate of drug-likeness (QED) is 0.722. The molecule has 0 aromatic heterocycles. The van der Waals surface area contributed by atoms with Crippen molar-refractivity contribution < 1.29 is 27.6 Å². The molecule has 1 saturated heterocycles. The number of aryl methyl sites for hydroxylation is 1. The van der Waals surface area contributed by atoms with E-state index in [0.29, 0.717) is 17.7 Å². The third-order valence-electron chi connectivity index (χ3n) is 4.08. The van der Waals surface area contributed by atoms with Gasteiger partial charge in [0.15, 0.2) is 0 Å². The van der Waals surface area contributed by atoms with Crippen LogP contribution in [0.5, 0.6) is 0 Å². The molecule has 1 fully saturated rings. The number of halogens is 3. The monoisotopic (exact) mass is 371 g/mol. The second-order valence-corrected chi connectivity index (χ2v) is 6.02. The summed E-state index contributed by atoms with van der Waals surface area (Å²) in [5.74, 6) is -2.48. The van der Waals surface area contributed by atoms with Crippen LogP contribution in [0.15, 0.2) is 30.3 Å². The van der Waals surface area contributed by atoms with E-state index in [1.165, 1.54) is 0 Å². The number of amides is 4. The van der Waals surface area contributed by atoms with Crippen LogP contribution in [0.2, 0.25) is 0 Å². The van der Waals surface area contributed by atoms with Crippen LogP contribution in [0.1, 0.15) is 31.7 Å². The maximum absolute atomic E-state index is 13.6. The highest BCUT2D eigenvalue weighted by Crippen LogP contribution is 2.34. The summed E-state index contributed by atoms with van der Waals surface area (Å²) in [6.07, 6.45) is -4.24. The molecule has 0 unspecified atom stereocenters. The Morgan fingerprint density at radius 2 is 1.88 bits per heavy atom. The number of benzene rings is 1. The number of unbranched alkanes of at least 4 members (excludes halogenated alkanes) is 1. The minimum atomic E-state index is -5.16. The summed E-state index contributed by atoms with van der Waals surface area (Å²) < 4.78 is 40.7. The summed E-state index contributed by atoms with van der Waals surface area (Å²) in [6, 6.07) is 7.58. The smallest absolute Gasteiger partial charge is 0.318 e. The van der Waals surface area contributed by atoms with E-state index < -0.39 is 29.7 Å². The minimum Gasteiger partial charge on any atom is -0.318 e. The molecule has 142 valence electrons. The van der Waals surface area contributed by atoms with Gasteiger partial charge in [-0.15, -0.1) is 0 Å². The van der Waals surface area contributed by atoms with Gasteiger partial charge in [-0.3, -0.25) is 19.8 Å². The average Bonchev–Trinajstić information content (AvgIpc) is 2.83. The lowest BCUT2D eigenvalue weighted by molar-refractivity contribution is -0.204. The number of rotatable bonds is 7. The predicted molar refractivity (Wildman–Crippen MR) is 86.8 cm³/mol. The lowest BCUT2D eigenvalue weighted by Crippen LogP contribution is -2.69. The van der Waals surface area contributed by atoms with Gasteiger partial charge in [0, 0.05) is 13.0 Å². The van der Waals surface area contributed by atoms with Crippen LogP contribution in [0.4, 0.5) is 18.0 Å². The Bertz CT molecular complexity index is 679. The zero-order valence-corrected chi connectivity index (χ0v) is 14.2. The first-order chi connectivity index (χ1) is 12.2. The minimum absolute atomic E-state index is 0.140. The molecule has 2 rings (SSSR count). The lowest BCUT2D eigenvalue weighted by atomic mass is 10.1. The van der Waals surface area contributed by atoms with Gasteiger partial charge in [-0.25, -0.2) is 4.79 Å². The van der Waals surface area contributed by atoms with Gasteiger partial charge in [-0.2, -0.15) is 13.2 Å². The first-order valence-electron chi connectivity index (χ1n) is 8.27. The molecule has 4 amide bonds. The van der Waals surface area contributed by atoms with Gasteiger partial charge in [0.1, 0.15) is 0 Å². The number of nitrogens with one attached hydrogen (secondary N) is 2. The first-order valence-corrected chi connectivity index (χ1v) is 8.27. The zero-order valence-electron chi connectivity index (χ0n) is 14.2. The Kier molecular flexibility index (Phi) is 5.89. The summed E-state index contributed by atoms with van der Waals surface area (Å²) in [4.78, 5) is 36.7. The fraction of sp³-hybridized carbons (Fsp3) is 0.471. The number of carbonyl (C=O) groups is 3. The molecular weight excluding hydrogens is 351 g/mol. The van der Waals surface area contributed by atoms with E-state index in [0.717, 1.165) is 5.56 Å². The zero-order chi connectivity index (χ0) is 19.4. The molecule has 0 saturated carbocycles. The Labute approximate surface area is 148 Å². The van der Waals surface area contributed by atoms with Crippen LogP contribution in [0.3, 0.4) is 0 Å². The van der Waals surface area contributed by atoms with Gasteiger partial charge in [-0.1, -0.05) is 43.7 Å². The van der Waals surface area contributed by atoms with E-state index in [4.69, 9.17) is 0 Å². The molecule has 26 heavy (non-hydrogen) atoms. The van der Waals surface area contributed by atoms with Gasteiger partial charge in [0.2, 0.25) is 5.91 Å². The van der Waals surface area contributed by atoms with E-state index >= 15 is 0 Å². The number of alkyl halides is 3. The van der Waals surface area contributed by atoms with Crippen molar-refractivity contribution in [3.05, 3.63) is 35.9 Å². The molecule has 1 aromatic rings. The van der Waals surface area contributed by atoms with Crippen molar-refractivity contribution >= 4 is 17.8 Å². The highest BCUT2D eigenvalue weighted by atomic mass is 19.4. The molecule has 1 aliphatic heterocycles. The van der Waals surface area contributed by atoms with Gasteiger partial charge in [0.05, 0.1) is 0 Å². The summed E-state index contributed by atoms with van der Waals surface area (Å²) in [7, 11) is 0. The van der Waals surface area contributed by atoms with E-state index in [-0.39, 0.29) is 19.4 Å². The van der Waals surface area contributed by atoms with Gasteiger partial charge in [0.25, 0.3) is 11.6 Å². The Hall–Kier alpha value is -2.58. The normalized spacial score (nSPS) is 20.2. The number of carbonyl (C=O) groups excluding carboxylic acids is 3. The molecule has 6 nitrogen and oxygen atoms in total. The molecule has 1 aliphatic rings. The number of urea groups is 1. The molecule has 1 aromatic carbocycles. The fourth-order valence-corrected chi connectivity index (χ4v) is 2.62. The van der Waals surface area contributed by atoms with Crippen molar-refractivity contribution in [2.24, 2.45) is 0 Å². The Balaban J connectivity index is 2.13. The second kappa shape index (κ2) is 7.76. The molecule has 0 spiro atoms. The van der Waals surface area contributed by atoms with Gasteiger partial charge < -0.3 is 5.32 Å². The molecular formula is C17H20F3N3O3. The molecule has 0 bridgehead atoms. The van der Waals surface area contributed by atoms with Crippen molar-refractivity contribution in [1.82, 2.24) is 15.5 Å². The highest BCUT2D eigenvalue weighted by molar-refractivity contribution is 6.08.